The molecular formula is C12H15O7PS. The molecule has 0 amide bonds. The summed E-state index contributed by atoms with van der Waals surface area (Å²) in [6.07, 6.45) is -2.45. The van der Waals surface area contributed by atoms with Crippen molar-refractivity contribution < 1.29 is 33.4 Å². The van der Waals surface area contributed by atoms with Crippen LogP contribution in [0, 0.1) is 0 Å². The van der Waals surface area contributed by atoms with E-state index in [-0.39, 0.29) is 24.2 Å². The molecule has 0 bridgehead atoms. The van der Waals surface area contributed by atoms with E-state index in [4.69, 9.17) is 14.7 Å². The third kappa shape index (κ3) is 6.31. The first-order chi connectivity index (χ1) is 9.86. The normalized spacial score (nSPS) is 15.1. The predicted molar refractivity (Wildman–Crippen MR) is 77.4 cm³/mol. The van der Waals surface area contributed by atoms with Gasteiger partial charge in [0.15, 0.2) is 6.10 Å². The van der Waals surface area contributed by atoms with E-state index >= 15 is 0 Å². The number of hydrogen-bond donors (Lipinski definition) is 3. The first-order valence-electron chi connectivity index (χ1n) is 5.95. The van der Waals surface area contributed by atoms with Crippen molar-refractivity contribution in [1.82, 2.24) is 0 Å². The summed E-state index contributed by atoms with van der Waals surface area (Å²) in [4.78, 5) is 21.5. The second-order valence-electron chi connectivity index (χ2n) is 4.20. The molecule has 2 unspecified atom stereocenters. The van der Waals surface area contributed by atoms with Gasteiger partial charge in [-0.05, 0) is 12.0 Å². The Hall–Kier alpha value is -1.34. The summed E-state index contributed by atoms with van der Waals surface area (Å²) >= 11 is -0.0304. The minimum atomic E-state index is -3.69. The lowest BCUT2D eigenvalue weighted by Gasteiger charge is -2.19. The molecule has 0 aliphatic rings. The fourth-order valence-electron chi connectivity index (χ4n) is 1.56. The zero-order chi connectivity index (χ0) is 15.9. The van der Waals surface area contributed by atoms with Gasteiger partial charge in [-0.2, -0.15) is 0 Å². The van der Waals surface area contributed by atoms with Crippen LogP contribution in [0.3, 0.4) is 0 Å². The number of aliphatic carboxylic acids is 2. The highest BCUT2D eigenvalue weighted by atomic mass is 32.7. The Kier molecular flexibility index (Phi) is 6.91. The van der Waals surface area contributed by atoms with Crippen LogP contribution in [0.1, 0.15) is 18.4 Å². The van der Waals surface area contributed by atoms with E-state index in [1.807, 2.05) is 0 Å². The molecule has 2 atom stereocenters. The van der Waals surface area contributed by atoms with Crippen molar-refractivity contribution >= 4 is 30.2 Å². The van der Waals surface area contributed by atoms with Gasteiger partial charge in [-0.15, -0.1) is 0 Å². The highest BCUT2D eigenvalue weighted by molar-refractivity contribution is 8.53. The van der Waals surface area contributed by atoms with Crippen molar-refractivity contribution in [2.24, 2.45) is 0 Å². The number of carbonyl (C=O) groups is 2. The highest BCUT2D eigenvalue weighted by Gasteiger charge is 2.32. The number of benzene rings is 1. The summed E-state index contributed by atoms with van der Waals surface area (Å²) in [7, 11) is 0. The van der Waals surface area contributed by atoms with Crippen LogP contribution in [0.15, 0.2) is 30.3 Å². The average molecular weight is 334 g/mol. The van der Waals surface area contributed by atoms with Crippen molar-refractivity contribution in [3.63, 3.8) is 0 Å². The lowest BCUT2D eigenvalue weighted by Crippen LogP contribution is -2.23. The van der Waals surface area contributed by atoms with E-state index in [1.54, 1.807) is 30.3 Å². The molecule has 0 aliphatic carbocycles. The maximum atomic E-state index is 12.4. The van der Waals surface area contributed by atoms with Crippen LogP contribution >= 0.6 is 18.2 Å². The van der Waals surface area contributed by atoms with Gasteiger partial charge < -0.3 is 19.3 Å². The smallest absolute Gasteiger partial charge is 0.333 e. The molecular weight excluding hydrogens is 319 g/mol. The summed E-state index contributed by atoms with van der Waals surface area (Å²) < 4.78 is 26.6. The molecule has 116 valence electrons. The van der Waals surface area contributed by atoms with Gasteiger partial charge in [0.1, 0.15) is 0 Å². The topological polar surface area (TPSA) is 121 Å². The Morgan fingerprint density at radius 1 is 1.24 bits per heavy atom. The number of hydrogen-bond acceptors (Lipinski definition) is 6. The zero-order valence-corrected chi connectivity index (χ0v) is 12.6. The molecule has 9 heteroatoms. The monoisotopic (exact) mass is 334 g/mol. The number of rotatable bonds is 9. The molecule has 0 spiro atoms. The van der Waals surface area contributed by atoms with Crippen LogP contribution in [0.2, 0.25) is 0 Å². The van der Waals surface area contributed by atoms with Gasteiger partial charge in [-0.25, -0.2) is 4.79 Å². The van der Waals surface area contributed by atoms with Crippen LogP contribution in [0.4, 0.5) is 0 Å². The van der Waals surface area contributed by atoms with Crippen LogP contribution in [0.25, 0.3) is 0 Å². The Morgan fingerprint density at radius 3 is 2.33 bits per heavy atom. The molecule has 7 nitrogen and oxygen atoms in total. The first kappa shape index (κ1) is 17.7. The summed E-state index contributed by atoms with van der Waals surface area (Å²) in [5, 5.41) is 17.5. The van der Waals surface area contributed by atoms with Gasteiger partial charge >= 0.3 is 11.9 Å². The molecule has 0 saturated carbocycles. The quantitative estimate of drug-likeness (QED) is 0.465. The van der Waals surface area contributed by atoms with Gasteiger partial charge in [-0.1, -0.05) is 30.3 Å². The van der Waals surface area contributed by atoms with Crippen LogP contribution in [-0.4, -0.2) is 32.8 Å². The zero-order valence-electron chi connectivity index (χ0n) is 10.9. The standard InChI is InChI=1S/C12H15O7PS/c13-11(14)7-6-10(12(15)16)19-20(17,21-18)8-9-4-2-1-3-5-9/h1-5,10,18H,6-8H2,(H,13,14)(H,15,16). The molecule has 0 aromatic heterocycles. The minimum Gasteiger partial charge on any atom is -0.481 e. The molecule has 1 aromatic rings. The van der Waals surface area contributed by atoms with E-state index in [0.29, 0.717) is 5.56 Å². The maximum Gasteiger partial charge on any atom is 0.333 e. The van der Waals surface area contributed by atoms with Crippen molar-refractivity contribution in [3.05, 3.63) is 35.9 Å². The van der Waals surface area contributed by atoms with E-state index in [9.17, 15) is 18.7 Å². The minimum absolute atomic E-state index is 0.0304. The lowest BCUT2D eigenvalue weighted by molar-refractivity contribution is -0.146. The molecule has 3 N–H and O–H groups in total. The molecule has 1 rings (SSSR count). The SMILES string of the molecule is O=C(O)CCC(OP(=O)(Cc1ccccc1)SO)C(=O)O. The van der Waals surface area contributed by atoms with Gasteiger partial charge in [0.05, 0.1) is 17.8 Å². The third-order valence-electron chi connectivity index (χ3n) is 2.53. The first-order valence-corrected chi connectivity index (χ1v) is 9.14. The largest absolute Gasteiger partial charge is 0.481 e. The Labute approximate surface area is 125 Å². The van der Waals surface area contributed by atoms with Crippen molar-refractivity contribution in [1.29, 1.82) is 0 Å². The Balaban J connectivity index is 2.79. The summed E-state index contributed by atoms with van der Waals surface area (Å²) in [6.45, 7) is -3.69. The van der Waals surface area contributed by atoms with E-state index in [1.165, 1.54) is 0 Å². The van der Waals surface area contributed by atoms with Gasteiger partial charge in [0, 0.05) is 6.42 Å². The van der Waals surface area contributed by atoms with Crippen molar-refractivity contribution in [3.8, 4) is 0 Å². The van der Waals surface area contributed by atoms with Gasteiger partial charge in [0.2, 0.25) is 0 Å². The lowest BCUT2D eigenvalue weighted by atomic mass is 10.2. The third-order valence-corrected chi connectivity index (χ3v) is 5.50. The summed E-state index contributed by atoms with van der Waals surface area (Å²) in [6, 6.07) is 8.51. The maximum absolute atomic E-state index is 12.4. The van der Waals surface area contributed by atoms with Gasteiger partial charge in [-0.3, -0.25) is 9.36 Å². The van der Waals surface area contributed by atoms with E-state index < -0.39 is 31.0 Å². The molecule has 0 radical (unpaired) electrons. The molecule has 0 fully saturated rings. The van der Waals surface area contributed by atoms with Crippen molar-refractivity contribution in [2.75, 3.05) is 0 Å². The predicted octanol–water partition coefficient (Wildman–Crippen LogP) is 2.92. The van der Waals surface area contributed by atoms with E-state index in [0.717, 1.165) is 0 Å². The number of carboxylic acid groups (broad SMARTS) is 2. The van der Waals surface area contributed by atoms with Crippen LogP contribution < -0.4 is 0 Å². The fourth-order valence-corrected chi connectivity index (χ4v) is 4.02. The molecule has 1 aromatic carbocycles. The Bertz CT molecular complexity index is 534. The highest BCUT2D eigenvalue weighted by Crippen LogP contribution is 2.61. The Morgan fingerprint density at radius 2 is 1.86 bits per heavy atom. The molecule has 21 heavy (non-hydrogen) atoms. The second-order valence-corrected chi connectivity index (χ2v) is 8.27. The fraction of sp³-hybridized carbons (Fsp3) is 0.333. The van der Waals surface area contributed by atoms with Crippen LogP contribution in [-0.2, 0) is 24.8 Å². The number of carboxylic acids is 2. The average Bonchev–Trinajstić information content (AvgIpc) is 2.44. The summed E-state index contributed by atoms with van der Waals surface area (Å²) in [5.41, 5.74) is 0.616. The van der Waals surface area contributed by atoms with Crippen LogP contribution in [0.5, 0.6) is 0 Å². The molecule has 0 aliphatic heterocycles. The molecule has 0 heterocycles. The van der Waals surface area contributed by atoms with Crippen molar-refractivity contribution in [2.45, 2.75) is 25.1 Å². The molecule has 0 saturated heterocycles. The summed E-state index contributed by atoms with van der Waals surface area (Å²) in [5.74, 6) is -2.60. The van der Waals surface area contributed by atoms with Gasteiger partial charge in [0.25, 0.3) is 6.57 Å². The second kappa shape index (κ2) is 8.19. The van der Waals surface area contributed by atoms with E-state index in [2.05, 4.69) is 0 Å².